The number of carbonyl (C=O) groups excluding carboxylic acids is 1. The maximum atomic E-state index is 12.1. The predicted octanol–water partition coefficient (Wildman–Crippen LogP) is 3.04. The molecule has 0 spiro atoms. The second-order valence-electron chi connectivity index (χ2n) is 5.81. The van der Waals surface area contributed by atoms with E-state index in [4.69, 9.17) is 17.4 Å². The first-order valence-electron chi connectivity index (χ1n) is 6.30. The lowest BCUT2D eigenvalue weighted by Gasteiger charge is -2.27. The van der Waals surface area contributed by atoms with Crippen molar-refractivity contribution in [1.29, 1.82) is 0 Å². The number of nitrogens with two attached hydrogens (primary N) is 1. The highest BCUT2D eigenvalue weighted by atomic mass is 35.5. The van der Waals surface area contributed by atoms with E-state index >= 15 is 0 Å². The summed E-state index contributed by atoms with van der Waals surface area (Å²) >= 11 is 5.90. The zero-order valence-electron chi connectivity index (χ0n) is 11.9. The highest BCUT2D eigenvalue weighted by Gasteiger charge is 2.21. The minimum Gasteiger partial charge on any atom is -0.352 e. The molecule has 1 unspecified atom stereocenters. The fourth-order valence-electron chi connectivity index (χ4n) is 1.48. The minimum absolute atomic E-state index is 0.149. The molecule has 1 atom stereocenters. The van der Waals surface area contributed by atoms with E-state index in [-0.39, 0.29) is 11.3 Å². The number of hydrazine groups is 1. The Morgan fingerprint density at radius 2 is 2.05 bits per heavy atom. The second-order valence-corrected chi connectivity index (χ2v) is 6.25. The van der Waals surface area contributed by atoms with Crippen molar-refractivity contribution in [3.8, 4) is 0 Å². The van der Waals surface area contributed by atoms with E-state index in [2.05, 4.69) is 38.4 Å². The van der Waals surface area contributed by atoms with Gasteiger partial charge in [-0.2, -0.15) is 0 Å². The van der Waals surface area contributed by atoms with Gasteiger partial charge in [0.2, 0.25) is 0 Å². The van der Waals surface area contributed by atoms with Crippen LogP contribution in [0.15, 0.2) is 18.2 Å². The fourth-order valence-corrected chi connectivity index (χ4v) is 1.65. The van der Waals surface area contributed by atoms with E-state index in [0.29, 0.717) is 28.7 Å². The van der Waals surface area contributed by atoms with Crippen LogP contribution >= 0.6 is 11.6 Å². The van der Waals surface area contributed by atoms with Gasteiger partial charge in [-0.05, 0) is 29.5 Å². The highest BCUT2D eigenvalue weighted by Crippen LogP contribution is 2.25. The van der Waals surface area contributed by atoms with Gasteiger partial charge in [0, 0.05) is 11.6 Å². The van der Waals surface area contributed by atoms with E-state index in [9.17, 15) is 4.79 Å². The number of nitrogens with one attached hydrogen (secondary N) is 2. The van der Waals surface area contributed by atoms with Gasteiger partial charge in [-0.15, -0.1) is 0 Å². The molecule has 1 aromatic carbocycles. The van der Waals surface area contributed by atoms with Crippen LogP contribution in [0.2, 0.25) is 5.02 Å². The number of hydrogen-bond acceptors (Lipinski definition) is 3. The Bertz CT molecular complexity index is 454. The third kappa shape index (κ3) is 4.40. The summed E-state index contributed by atoms with van der Waals surface area (Å²) < 4.78 is 0. The molecule has 106 valence electrons. The van der Waals surface area contributed by atoms with Crippen LogP contribution in [0, 0.1) is 11.3 Å². The average Bonchev–Trinajstić information content (AvgIpc) is 2.34. The van der Waals surface area contributed by atoms with Gasteiger partial charge in [0.15, 0.2) is 0 Å². The van der Waals surface area contributed by atoms with Crippen LogP contribution in [0.1, 0.15) is 38.1 Å². The van der Waals surface area contributed by atoms with Crippen LogP contribution in [0.3, 0.4) is 0 Å². The molecule has 19 heavy (non-hydrogen) atoms. The molecule has 1 rings (SSSR count). The van der Waals surface area contributed by atoms with Crippen molar-refractivity contribution in [3.63, 3.8) is 0 Å². The SMILES string of the molecule is CC(CNC(=O)c1cc(Cl)ccc1NN)C(C)(C)C. The molecule has 1 aromatic rings. The van der Waals surface area contributed by atoms with Crippen molar-refractivity contribution in [2.45, 2.75) is 27.7 Å². The van der Waals surface area contributed by atoms with E-state index in [0.717, 1.165) is 0 Å². The van der Waals surface area contributed by atoms with Gasteiger partial charge in [0.05, 0.1) is 11.3 Å². The van der Waals surface area contributed by atoms with Crippen LogP contribution < -0.4 is 16.6 Å². The summed E-state index contributed by atoms with van der Waals surface area (Å²) in [5, 5.41) is 3.42. The predicted molar refractivity (Wildman–Crippen MR) is 80.2 cm³/mol. The number of amides is 1. The van der Waals surface area contributed by atoms with Gasteiger partial charge in [-0.25, -0.2) is 0 Å². The Hall–Kier alpha value is -1.26. The van der Waals surface area contributed by atoms with Crippen molar-refractivity contribution >= 4 is 23.2 Å². The molecule has 0 saturated carbocycles. The molecular formula is C14H22ClN3O. The van der Waals surface area contributed by atoms with E-state index in [1.54, 1.807) is 18.2 Å². The molecule has 0 aromatic heterocycles. The molecular weight excluding hydrogens is 262 g/mol. The van der Waals surface area contributed by atoms with Crippen molar-refractivity contribution < 1.29 is 4.79 Å². The lowest BCUT2D eigenvalue weighted by molar-refractivity contribution is 0.0938. The molecule has 0 radical (unpaired) electrons. The third-order valence-electron chi connectivity index (χ3n) is 3.43. The molecule has 0 saturated heterocycles. The molecule has 0 aliphatic rings. The Morgan fingerprint density at radius 1 is 1.42 bits per heavy atom. The maximum absolute atomic E-state index is 12.1. The van der Waals surface area contributed by atoms with Gasteiger partial charge >= 0.3 is 0 Å². The molecule has 4 nitrogen and oxygen atoms in total. The normalized spacial score (nSPS) is 12.9. The summed E-state index contributed by atoms with van der Waals surface area (Å²) in [6.45, 7) is 9.17. The topological polar surface area (TPSA) is 67.2 Å². The zero-order valence-corrected chi connectivity index (χ0v) is 12.6. The molecule has 1 amide bonds. The first-order valence-corrected chi connectivity index (χ1v) is 6.68. The highest BCUT2D eigenvalue weighted by molar-refractivity contribution is 6.31. The number of nitrogen functional groups attached to an aromatic ring is 1. The second kappa shape index (κ2) is 6.26. The summed E-state index contributed by atoms with van der Waals surface area (Å²) in [5.74, 6) is 5.58. The third-order valence-corrected chi connectivity index (χ3v) is 3.66. The van der Waals surface area contributed by atoms with Gasteiger partial charge in [0.1, 0.15) is 0 Å². The van der Waals surface area contributed by atoms with Crippen LogP contribution in [0.4, 0.5) is 5.69 Å². The smallest absolute Gasteiger partial charge is 0.253 e. The fraction of sp³-hybridized carbons (Fsp3) is 0.500. The Kier molecular flexibility index (Phi) is 5.20. The first-order chi connectivity index (χ1) is 8.75. The number of rotatable bonds is 4. The van der Waals surface area contributed by atoms with Crippen molar-refractivity contribution in [2.24, 2.45) is 17.2 Å². The van der Waals surface area contributed by atoms with Gasteiger partial charge in [0.25, 0.3) is 5.91 Å². The zero-order chi connectivity index (χ0) is 14.6. The lowest BCUT2D eigenvalue weighted by Crippen LogP contribution is -2.34. The monoisotopic (exact) mass is 283 g/mol. The minimum atomic E-state index is -0.174. The number of benzene rings is 1. The van der Waals surface area contributed by atoms with Crippen molar-refractivity contribution in [2.75, 3.05) is 12.0 Å². The molecule has 0 bridgehead atoms. The van der Waals surface area contributed by atoms with Crippen LogP contribution in [-0.4, -0.2) is 12.5 Å². The molecule has 0 fully saturated rings. The van der Waals surface area contributed by atoms with Gasteiger partial charge in [-0.3, -0.25) is 10.6 Å². The van der Waals surface area contributed by atoms with E-state index in [1.807, 2.05) is 0 Å². The Labute approximate surface area is 119 Å². The molecule has 0 aliphatic heterocycles. The van der Waals surface area contributed by atoms with Crippen molar-refractivity contribution in [3.05, 3.63) is 28.8 Å². The Morgan fingerprint density at radius 3 is 2.58 bits per heavy atom. The van der Waals surface area contributed by atoms with Crippen molar-refractivity contribution in [1.82, 2.24) is 5.32 Å². The molecule has 0 heterocycles. The van der Waals surface area contributed by atoms with Gasteiger partial charge < -0.3 is 10.7 Å². The summed E-state index contributed by atoms with van der Waals surface area (Å²) in [6.07, 6.45) is 0. The summed E-state index contributed by atoms with van der Waals surface area (Å²) in [5.41, 5.74) is 3.67. The summed E-state index contributed by atoms with van der Waals surface area (Å²) in [6, 6.07) is 4.98. The van der Waals surface area contributed by atoms with E-state index in [1.165, 1.54) is 0 Å². The lowest BCUT2D eigenvalue weighted by atomic mass is 9.82. The summed E-state index contributed by atoms with van der Waals surface area (Å²) in [4.78, 5) is 12.1. The largest absolute Gasteiger partial charge is 0.352 e. The Balaban J connectivity index is 2.76. The standard InChI is InChI=1S/C14H22ClN3O/c1-9(14(2,3)4)8-17-13(19)11-7-10(15)5-6-12(11)18-16/h5-7,9,18H,8,16H2,1-4H3,(H,17,19). The average molecular weight is 284 g/mol. The first kappa shape index (κ1) is 15.8. The number of hydrogen-bond donors (Lipinski definition) is 3. The van der Waals surface area contributed by atoms with Crippen LogP contribution in [-0.2, 0) is 0 Å². The number of halogens is 1. The van der Waals surface area contributed by atoms with Crippen LogP contribution in [0.5, 0.6) is 0 Å². The summed E-state index contributed by atoms with van der Waals surface area (Å²) in [7, 11) is 0. The van der Waals surface area contributed by atoms with Gasteiger partial charge in [-0.1, -0.05) is 39.3 Å². The quantitative estimate of drug-likeness (QED) is 0.588. The molecule has 5 heteroatoms. The molecule has 0 aliphatic carbocycles. The van der Waals surface area contributed by atoms with E-state index < -0.39 is 0 Å². The number of anilines is 1. The number of carbonyl (C=O) groups is 1. The maximum Gasteiger partial charge on any atom is 0.253 e. The van der Waals surface area contributed by atoms with Crippen LogP contribution in [0.25, 0.3) is 0 Å². The molecule has 4 N–H and O–H groups in total.